The number of nitrogens with two attached hydrogens (primary N) is 1. The molecule has 5 fully saturated rings. The van der Waals surface area contributed by atoms with Crippen molar-refractivity contribution in [1.29, 1.82) is 0 Å². The maximum absolute atomic E-state index is 13.8. The van der Waals surface area contributed by atoms with Gasteiger partial charge in [0.25, 0.3) is 5.91 Å². The average Bonchev–Trinajstić information content (AvgIpc) is 3.65. The van der Waals surface area contributed by atoms with Crippen LogP contribution in [0.4, 0.5) is 13.2 Å². The maximum atomic E-state index is 13.8. The van der Waals surface area contributed by atoms with Gasteiger partial charge in [0, 0.05) is 12.1 Å². The fraction of sp³-hybridized carbons (Fsp3) is 0.600. The second-order valence-electron chi connectivity index (χ2n) is 14.5. The molecule has 2 aromatic rings. The second-order valence-corrected chi connectivity index (χ2v) is 14.5. The van der Waals surface area contributed by atoms with Crippen molar-refractivity contribution in [1.82, 2.24) is 10.2 Å². The molecule has 0 unspecified atom stereocenters. The molecule has 7 nitrogen and oxygen atoms in total. The Morgan fingerprint density at radius 1 is 1.09 bits per heavy atom. The zero-order valence-electron chi connectivity index (χ0n) is 27.4. The molecule has 6 atom stereocenters. The van der Waals surface area contributed by atoms with Crippen LogP contribution in [0.25, 0.3) is 0 Å². The molecule has 47 heavy (non-hydrogen) atoms. The fourth-order valence-electron chi connectivity index (χ4n) is 8.44. The summed E-state index contributed by atoms with van der Waals surface area (Å²) in [4.78, 5) is 29.2. The smallest absolute Gasteiger partial charge is 0.404 e. The van der Waals surface area contributed by atoms with Gasteiger partial charge in [-0.3, -0.25) is 9.59 Å². The van der Waals surface area contributed by atoms with Crippen LogP contribution in [0.15, 0.2) is 48.5 Å². The molecule has 0 aromatic heterocycles. The Bertz CT molecular complexity index is 1440. The first kappa shape index (κ1) is 35.7. The SMILES string of the molecule is CC1(C)[C@@H]2C[C@H]3OB([C@H](CCCCN)NC(=O)[C@@H]4CCCN4C(=O)c4cccc(Cc5ccc(C(F)(F)F)cc5)c4)O[C@@]3(C)[C@H]1C2.Cl. The van der Waals surface area contributed by atoms with Crippen LogP contribution in [0.1, 0.15) is 92.8 Å². The molecule has 3 aliphatic carbocycles. The highest BCUT2D eigenvalue weighted by Gasteiger charge is 2.68. The number of amides is 2. The molecule has 3 N–H and O–H groups in total. The Hall–Kier alpha value is -2.60. The van der Waals surface area contributed by atoms with Crippen molar-refractivity contribution in [2.75, 3.05) is 13.1 Å². The van der Waals surface area contributed by atoms with Gasteiger partial charge in [-0.1, -0.05) is 44.5 Å². The van der Waals surface area contributed by atoms with E-state index >= 15 is 0 Å². The van der Waals surface area contributed by atoms with Crippen LogP contribution in [-0.4, -0.2) is 60.6 Å². The molecule has 5 aliphatic rings. The van der Waals surface area contributed by atoms with Crippen molar-refractivity contribution in [2.24, 2.45) is 23.0 Å². The predicted molar refractivity (Wildman–Crippen MR) is 177 cm³/mol. The standard InChI is InChI=1S/C35H45BF3N3O4.ClH/c1-33(2)26-20-28(33)34(3)29(21-26)45-36(46-34)30(11-4-5-16-40)41-31(43)27-10-7-17-42(27)32(44)24-9-6-8-23(19-24)18-22-12-14-25(15-13-22)35(37,38)39;/h6,8-9,12-15,19,26-30H,4-5,7,10-11,16-18,20-21,40H2,1-3H3,(H,41,43);1H/t26-,27-,28-,29+,30-,34-;/m0./s1. The Kier molecular flexibility index (Phi) is 10.4. The quantitative estimate of drug-likeness (QED) is 0.231. The number of unbranched alkanes of at least 4 members (excludes halogenated alkanes) is 1. The van der Waals surface area contributed by atoms with Gasteiger partial charge in [-0.25, -0.2) is 0 Å². The van der Waals surface area contributed by atoms with E-state index in [9.17, 15) is 22.8 Å². The number of nitrogens with zero attached hydrogens (tertiary/aromatic N) is 1. The summed E-state index contributed by atoms with van der Waals surface area (Å²) < 4.78 is 52.2. The minimum atomic E-state index is -4.39. The lowest BCUT2D eigenvalue weighted by Gasteiger charge is -2.64. The number of hydrogen-bond acceptors (Lipinski definition) is 5. The van der Waals surface area contributed by atoms with Crippen LogP contribution in [0.5, 0.6) is 0 Å². The van der Waals surface area contributed by atoms with E-state index in [0.29, 0.717) is 61.7 Å². The van der Waals surface area contributed by atoms with E-state index in [4.69, 9.17) is 15.0 Å². The second kappa shape index (κ2) is 13.7. The van der Waals surface area contributed by atoms with Crippen LogP contribution in [0.3, 0.4) is 0 Å². The third-order valence-corrected chi connectivity index (χ3v) is 11.3. The first-order valence-electron chi connectivity index (χ1n) is 16.7. The van der Waals surface area contributed by atoms with Crippen LogP contribution in [0, 0.1) is 17.3 Å². The zero-order valence-corrected chi connectivity index (χ0v) is 28.2. The molecule has 2 heterocycles. The van der Waals surface area contributed by atoms with Crippen molar-refractivity contribution in [3.63, 3.8) is 0 Å². The topological polar surface area (TPSA) is 93.9 Å². The lowest BCUT2D eigenvalue weighted by atomic mass is 9.43. The zero-order chi connectivity index (χ0) is 32.9. The lowest BCUT2D eigenvalue weighted by Crippen LogP contribution is -2.65. The third-order valence-electron chi connectivity index (χ3n) is 11.3. The maximum Gasteiger partial charge on any atom is 0.481 e. The fourth-order valence-corrected chi connectivity index (χ4v) is 8.44. The number of rotatable bonds is 10. The molecule has 2 aliphatic heterocycles. The van der Waals surface area contributed by atoms with Crippen LogP contribution in [0.2, 0.25) is 0 Å². The third kappa shape index (κ3) is 6.96. The molecule has 12 heteroatoms. The summed E-state index contributed by atoms with van der Waals surface area (Å²) in [6.45, 7) is 7.84. The lowest BCUT2D eigenvalue weighted by molar-refractivity contribution is -0.199. The van der Waals surface area contributed by atoms with Gasteiger partial charge in [0.1, 0.15) is 6.04 Å². The summed E-state index contributed by atoms with van der Waals surface area (Å²) >= 11 is 0. The van der Waals surface area contributed by atoms with Gasteiger partial charge in [0.05, 0.1) is 23.2 Å². The highest BCUT2D eigenvalue weighted by molar-refractivity contribution is 6.48. The van der Waals surface area contributed by atoms with E-state index in [1.807, 2.05) is 6.07 Å². The minimum absolute atomic E-state index is 0. The largest absolute Gasteiger partial charge is 0.481 e. The number of alkyl halides is 3. The average molecular weight is 676 g/mol. The van der Waals surface area contributed by atoms with Gasteiger partial charge >= 0.3 is 13.3 Å². The summed E-state index contributed by atoms with van der Waals surface area (Å²) in [5.74, 6) is 0.232. The molecule has 256 valence electrons. The molecule has 0 radical (unpaired) electrons. The molecular weight excluding hydrogens is 630 g/mol. The van der Waals surface area contributed by atoms with Gasteiger partial charge in [0.15, 0.2) is 0 Å². The van der Waals surface area contributed by atoms with Crippen molar-refractivity contribution in [3.05, 3.63) is 70.8 Å². The Balaban J connectivity index is 0.00000433. The minimum Gasteiger partial charge on any atom is -0.404 e. The van der Waals surface area contributed by atoms with Crippen molar-refractivity contribution >= 4 is 31.3 Å². The molecule has 2 amide bonds. The van der Waals surface area contributed by atoms with E-state index in [1.165, 1.54) is 12.1 Å². The Labute approximate surface area is 282 Å². The van der Waals surface area contributed by atoms with Gasteiger partial charge in [-0.05, 0) is 111 Å². The predicted octanol–water partition coefficient (Wildman–Crippen LogP) is 6.20. The van der Waals surface area contributed by atoms with Crippen LogP contribution < -0.4 is 11.1 Å². The Morgan fingerprint density at radius 3 is 2.51 bits per heavy atom. The molecular formula is C35H46BClF3N3O4. The first-order valence-corrected chi connectivity index (χ1v) is 16.7. The van der Waals surface area contributed by atoms with Gasteiger partial charge < -0.3 is 25.3 Å². The van der Waals surface area contributed by atoms with Gasteiger partial charge in [-0.15, -0.1) is 12.4 Å². The number of carbonyl (C=O) groups is 2. The number of hydrogen-bond donors (Lipinski definition) is 2. The van der Waals surface area contributed by atoms with Crippen molar-refractivity contribution in [2.45, 2.75) is 102 Å². The van der Waals surface area contributed by atoms with E-state index in [2.05, 4.69) is 26.1 Å². The number of halogens is 4. The highest BCUT2D eigenvalue weighted by atomic mass is 35.5. The van der Waals surface area contributed by atoms with Gasteiger partial charge in [-0.2, -0.15) is 13.2 Å². The van der Waals surface area contributed by atoms with E-state index in [-0.39, 0.29) is 47.3 Å². The number of carbonyl (C=O) groups excluding carboxylic acids is 2. The highest BCUT2D eigenvalue weighted by Crippen LogP contribution is 2.65. The van der Waals surface area contributed by atoms with E-state index < -0.39 is 24.9 Å². The summed E-state index contributed by atoms with van der Waals surface area (Å²) in [6, 6.07) is 11.5. The first-order chi connectivity index (χ1) is 21.8. The molecule has 3 saturated carbocycles. The molecule has 0 spiro atoms. The molecule has 7 rings (SSSR count). The summed E-state index contributed by atoms with van der Waals surface area (Å²) in [7, 11) is -0.556. The monoisotopic (exact) mass is 675 g/mol. The van der Waals surface area contributed by atoms with E-state index in [1.54, 1.807) is 23.1 Å². The summed E-state index contributed by atoms with van der Waals surface area (Å²) in [6.07, 6.45) is 1.69. The van der Waals surface area contributed by atoms with Crippen molar-refractivity contribution < 1.29 is 32.1 Å². The van der Waals surface area contributed by atoms with Crippen LogP contribution >= 0.6 is 12.4 Å². The molecule has 2 saturated heterocycles. The Morgan fingerprint density at radius 2 is 1.83 bits per heavy atom. The van der Waals surface area contributed by atoms with Crippen LogP contribution in [-0.2, 0) is 26.7 Å². The van der Waals surface area contributed by atoms with E-state index in [0.717, 1.165) is 43.4 Å². The number of benzene rings is 2. The number of likely N-dealkylation sites (tertiary alicyclic amines) is 1. The van der Waals surface area contributed by atoms with Crippen molar-refractivity contribution in [3.8, 4) is 0 Å². The number of nitrogens with one attached hydrogen (secondary N) is 1. The molecule has 2 bridgehead atoms. The summed E-state index contributed by atoms with van der Waals surface area (Å²) in [5.41, 5.74) is 6.87. The van der Waals surface area contributed by atoms with Gasteiger partial charge in [0.2, 0.25) is 5.91 Å². The molecule has 2 aromatic carbocycles. The normalized spacial score (nSPS) is 28.2. The summed E-state index contributed by atoms with van der Waals surface area (Å²) in [5, 5.41) is 3.23.